The molecule has 0 aliphatic rings. The highest BCUT2D eigenvalue weighted by atomic mass is 16.3. The third-order valence-corrected chi connectivity index (χ3v) is 8.32. The lowest BCUT2D eigenvalue weighted by molar-refractivity contribution is 0.669. The average Bonchev–Trinajstić information content (AvgIpc) is 3.46. The Morgan fingerprint density at radius 3 is 1.60 bits per heavy atom. The van der Waals surface area contributed by atoms with Crippen molar-refractivity contribution in [2.75, 3.05) is 0 Å². The zero-order chi connectivity index (χ0) is 28.3. The minimum Gasteiger partial charge on any atom is -0.456 e. The van der Waals surface area contributed by atoms with Gasteiger partial charge in [0.2, 0.25) is 0 Å². The zero-order valence-corrected chi connectivity index (χ0v) is 23.0. The molecule has 0 fully saturated rings. The molecule has 9 aromatic rings. The molecule has 2 heterocycles. The van der Waals surface area contributed by atoms with Crippen molar-refractivity contribution in [1.82, 2.24) is 15.0 Å². The number of nitrogens with zero attached hydrogens (tertiary/aromatic N) is 3. The predicted molar refractivity (Wildman–Crippen MR) is 176 cm³/mol. The minimum absolute atomic E-state index is 0.613. The number of benzene rings is 7. The number of furan rings is 1. The highest BCUT2D eigenvalue weighted by Crippen LogP contribution is 2.39. The molecule has 0 aliphatic heterocycles. The van der Waals surface area contributed by atoms with Crippen molar-refractivity contribution >= 4 is 54.3 Å². The number of hydrogen-bond donors (Lipinski definition) is 0. The lowest BCUT2D eigenvalue weighted by Gasteiger charge is -2.13. The molecule has 0 spiro atoms. The van der Waals surface area contributed by atoms with Gasteiger partial charge in [0.05, 0.1) is 0 Å². The summed E-state index contributed by atoms with van der Waals surface area (Å²) in [6, 6.07) is 48.0. The van der Waals surface area contributed by atoms with E-state index in [-0.39, 0.29) is 0 Å². The van der Waals surface area contributed by atoms with E-state index in [0.717, 1.165) is 60.2 Å². The van der Waals surface area contributed by atoms with E-state index in [4.69, 9.17) is 19.4 Å². The van der Waals surface area contributed by atoms with E-state index < -0.39 is 0 Å². The molecule has 0 saturated carbocycles. The SMILES string of the molecule is c1ccc2c(-c3nc(-c4cccc5ccc6ccccc6c45)nc(-c4cccc5oc6ccccc6c45)n3)cccc2c1. The largest absolute Gasteiger partial charge is 0.456 e. The highest BCUT2D eigenvalue weighted by molar-refractivity contribution is 6.14. The molecule has 7 aromatic carbocycles. The summed E-state index contributed by atoms with van der Waals surface area (Å²) in [6.07, 6.45) is 0. The van der Waals surface area contributed by atoms with Crippen molar-refractivity contribution in [3.63, 3.8) is 0 Å². The molecule has 0 N–H and O–H groups in total. The summed E-state index contributed by atoms with van der Waals surface area (Å²) < 4.78 is 6.24. The average molecular weight is 550 g/mol. The number of aromatic nitrogens is 3. The smallest absolute Gasteiger partial charge is 0.164 e. The van der Waals surface area contributed by atoms with Crippen molar-refractivity contribution in [1.29, 1.82) is 0 Å². The first-order chi connectivity index (χ1) is 21.3. The van der Waals surface area contributed by atoms with Gasteiger partial charge in [-0.05, 0) is 39.1 Å². The summed E-state index contributed by atoms with van der Waals surface area (Å²) in [7, 11) is 0. The summed E-state index contributed by atoms with van der Waals surface area (Å²) in [5.41, 5.74) is 4.51. The van der Waals surface area contributed by atoms with Gasteiger partial charge in [0, 0.05) is 32.8 Å². The standard InChI is InChI=1S/C39H23N3O/c1-3-14-27-24(10-1)12-7-17-29(27)37-40-38(31-18-8-13-26-23-22-25-11-2-4-15-28(25)35(26)31)42-39(41-37)32-19-9-21-34-36(32)30-16-5-6-20-33(30)43-34/h1-23H. The van der Waals surface area contributed by atoms with Gasteiger partial charge in [-0.1, -0.05) is 127 Å². The Morgan fingerprint density at radius 1 is 0.326 bits per heavy atom. The predicted octanol–water partition coefficient (Wildman–Crippen LogP) is 10.2. The third-order valence-electron chi connectivity index (χ3n) is 8.32. The molecule has 0 radical (unpaired) electrons. The Morgan fingerprint density at radius 2 is 0.814 bits per heavy atom. The van der Waals surface area contributed by atoms with Crippen molar-refractivity contribution < 1.29 is 4.42 Å². The van der Waals surface area contributed by atoms with E-state index in [9.17, 15) is 0 Å². The number of rotatable bonds is 3. The summed E-state index contributed by atoms with van der Waals surface area (Å²) >= 11 is 0. The van der Waals surface area contributed by atoms with E-state index in [0.29, 0.717) is 17.5 Å². The van der Waals surface area contributed by atoms with Crippen LogP contribution in [0.3, 0.4) is 0 Å². The lowest BCUT2D eigenvalue weighted by atomic mass is 9.97. The van der Waals surface area contributed by atoms with Crippen molar-refractivity contribution in [2.45, 2.75) is 0 Å². The maximum absolute atomic E-state index is 6.24. The van der Waals surface area contributed by atoms with Crippen molar-refractivity contribution in [3.8, 4) is 34.2 Å². The van der Waals surface area contributed by atoms with Crippen LogP contribution in [0.1, 0.15) is 0 Å². The molecule has 0 amide bonds. The van der Waals surface area contributed by atoms with Crippen LogP contribution in [0.2, 0.25) is 0 Å². The van der Waals surface area contributed by atoms with Crippen LogP contribution in [0.25, 0.3) is 88.4 Å². The molecule has 43 heavy (non-hydrogen) atoms. The van der Waals surface area contributed by atoms with Gasteiger partial charge in [0.25, 0.3) is 0 Å². The zero-order valence-electron chi connectivity index (χ0n) is 23.0. The van der Waals surface area contributed by atoms with Gasteiger partial charge in [-0.3, -0.25) is 0 Å². The summed E-state index contributed by atoms with van der Waals surface area (Å²) in [4.78, 5) is 15.6. The molecule has 0 atom stereocenters. The molecular formula is C39H23N3O. The van der Waals surface area contributed by atoms with Gasteiger partial charge in [0.1, 0.15) is 11.2 Å². The van der Waals surface area contributed by atoms with Crippen LogP contribution in [0.15, 0.2) is 144 Å². The molecule has 2 aromatic heterocycles. The van der Waals surface area contributed by atoms with Gasteiger partial charge in [-0.15, -0.1) is 0 Å². The second-order valence-corrected chi connectivity index (χ2v) is 10.8. The van der Waals surface area contributed by atoms with Crippen LogP contribution in [0.5, 0.6) is 0 Å². The van der Waals surface area contributed by atoms with E-state index >= 15 is 0 Å². The van der Waals surface area contributed by atoms with Gasteiger partial charge in [0.15, 0.2) is 17.5 Å². The lowest BCUT2D eigenvalue weighted by Crippen LogP contribution is -2.01. The third kappa shape index (κ3) is 3.74. The molecule has 0 bridgehead atoms. The molecule has 4 nitrogen and oxygen atoms in total. The van der Waals surface area contributed by atoms with Crippen molar-refractivity contribution in [3.05, 3.63) is 140 Å². The molecule has 0 saturated heterocycles. The maximum Gasteiger partial charge on any atom is 0.164 e. The van der Waals surface area contributed by atoms with Gasteiger partial charge in [-0.25, -0.2) is 15.0 Å². The van der Waals surface area contributed by atoms with E-state index in [1.165, 1.54) is 10.8 Å². The summed E-state index contributed by atoms with van der Waals surface area (Å²) in [5.74, 6) is 1.89. The molecule has 4 heteroatoms. The first-order valence-corrected chi connectivity index (χ1v) is 14.4. The Bertz CT molecular complexity index is 2520. The second kappa shape index (κ2) is 9.33. The van der Waals surface area contributed by atoms with Crippen LogP contribution in [-0.2, 0) is 0 Å². The minimum atomic E-state index is 0.613. The fraction of sp³-hybridized carbons (Fsp3) is 0. The molecular weight excluding hydrogens is 526 g/mol. The van der Waals surface area contributed by atoms with Crippen LogP contribution in [0.4, 0.5) is 0 Å². The Balaban J connectivity index is 1.40. The summed E-state index contributed by atoms with van der Waals surface area (Å²) in [5, 5.41) is 8.92. The Kier molecular flexibility index (Phi) is 5.16. The van der Waals surface area contributed by atoms with Crippen LogP contribution in [0, 0.1) is 0 Å². The van der Waals surface area contributed by atoms with E-state index in [2.05, 4.69) is 109 Å². The number of para-hydroxylation sites is 1. The Labute approximate surface area is 246 Å². The molecule has 200 valence electrons. The van der Waals surface area contributed by atoms with Crippen LogP contribution in [-0.4, -0.2) is 15.0 Å². The molecule has 0 unspecified atom stereocenters. The fourth-order valence-corrected chi connectivity index (χ4v) is 6.36. The molecule has 0 aliphatic carbocycles. The fourth-order valence-electron chi connectivity index (χ4n) is 6.36. The molecule has 9 rings (SSSR count). The monoisotopic (exact) mass is 549 g/mol. The summed E-state index contributed by atoms with van der Waals surface area (Å²) in [6.45, 7) is 0. The number of fused-ring (bicyclic) bond motifs is 7. The quantitative estimate of drug-likeness (QED) is 0.206. The van der Waals surface area contributed by atoms with Crippen molar-refractivity contribution in [2.24, 2.45) is 0 Å². The van der Waals surface area contributed by atoms with Crippen LogP contribution >= 0.6 is 0 Å². The van der Waals surface area contributed by atoms with Crippen LogP contribution < -0.4 is 0 Å². The van der Waals surface area contributed by atoms with E-state index in [1.54, 1.807) is 0 Å². The van der Waals surface area contributed by atoms with Gasteiger partial charge >= 0.3 is 0 Å². The normalized spacial score (nSPS) is 11.7. The first-order valence-electron chi connectivity index (χ1n) is 14.4. The maximum atomic E-state index is 6.24. The van der Waals surface area contributed by atoms with Gasteiger partial charge < -0.3 is 4.42 Å². The number of hydrogen-bond acceptors (Lipinski definition) is 4. The second-order valence-electron chi connectivity index (χ2n) is 10.8. The highest BCUT2D eigenvalue weighted by Gasteiger charge is 2.19. The first kappa shape index (κ1) is 23.8. The topological polar surface area (TPSA) is 51.8 Å². The van der Waals surface area contributed by atoms with Gasteiger partial charge in [-0.2, -0.15) is 0 Å². The van der Waals surface area contributed by atoms with E-state index in [1.807, 2.05) is 30.3 Å². The Hall–Kier alpha value is -5.87.